The van der Waals surface area contributed by atoms with Crippen LogP contribution in [0.2, 0.25) is 0 Å². The van der Waals surface area contributed by atoms with Gasteiger partial charge < -0.3 is 48.9 Å². The highest BCUT2D eigenvalue weighted by Crippen LogP contribution is 2.32. The highest BCUT2D eigenvalue weighted by atomic mass is 16.7. The standard InChI is InChI=1S/C28H38N2O14/c1-14(32)39-20-21(40-15(2)33)23(41-16(3)34)26(43-22(20)25(36)38-7)42-19-9-8-17(13-31)12-18(19)24(35)29-10-11-30-27(37)44-28(4,5)6/h8-9,12,20-23,26,31H,10-11,13H2,1-7H3,(H,29,35)(H,30,37)/t20-,21-,22-,23+,26+/m0/s1. The Labute approximate surface area is 253 Å². The molecule has 244 valence electrons. The Morgan fingerprint density at radius 1 is 0.864 bits per heavy atom. The summed E-state index contributed by atoms with van der Waals surface area (Å²) in [6.45, 7) is 7.79. The quantitative estimate of drug-likeness (QED) is 0.174. The summed E-state index contributed by atoms with van der Waals surface area (Å²) in [5.41, 5.74) is -0.495. The normalized spacial score (nSPS) is 21.2. The van der Waals surface area contributed by atoms with Crippen molar-refractivity contribution in [1.82, 2.24) is 10.6 Å². The molecule has 2 amide bonds. The number of aliphatic hydroxyl groups excluding tert-OH is 1. The summed E-state index contributed by atoms with van der Waals surface area (Å²) in [4.78, 5) is 73.7. The minimum Gasteiger partial charge on any atom is -0.467 e. The average Bonchev–Trinajstić information content (AvgIpc) is 2.91. The largest absolute Gasteiger partial charge is 0.467 e. The van der Waals surface area contributed by atoms with Gasteiger partial charge in [-0.15, -0.1) is 0 Å². The van der Waals surface area contributed by atoms with Crippen molar-refractivity contribution in [2.75, 3.05) is 20.2 Å². The summed E-state index contributed by atoms with van der Waals surface area (Å²) in [7, 11) is 1.04. The van der Waals surface area contributed by atoms with Gasteiger partial charge in [0.2, 0.25) is 12.4 Å². The zero-order chi connectivity index (χ0) is 33.2. The fourth-order valence-electron chi connectivity index (χ4n) is 4.01. The van der Waals surface area contributed by atoms with Crippen molar-refractivity contribution in [2.24, 2.45) is 0 Å². The van der Waals surface area contributed by atoms with Crippen LogP contribution >= 0.6 is 0 Å². The number of ether oxygens (including phenoxy) is 7. The van der Waals surface area contributed by atoms with E-state index < -0.39 is 78.8 Å². The molecular formula is C28H38N2O14. The minimum atomic E-state index is -1.71. The van der Waals surface area contributed by atoms with E-state index >= 15 is 0 Å². The lowest BCUT2D eigenvalue weighted by Crippen LogP contribution is -2.64. The smallest absolute Gasteiger partial charge is 0.407 e. The van der Waals surface area contributed by atoms with E-state index in [1.165, 1.54) is 18.2 Å². The molecule has 1 aromatic rings. The number of aliphatic hydroxyl groups is 1. The van der Waals surface area contributed by atoms with Gasteiger partial charge in [-0.1, -0.05) is 6.07 Å². The van der Waals surface area contributed by atoms with Crippen molar-refractivity contribution >= 4 is 35.9 Å². The van der Waals surface area contributed by atoms with Crippen molar-refractivity contribution in [3.8, 4) is 5.75 Å². The number of benzene rings is 1. The fraction of sp³-hybridized carbons (Fsp3) is 0.571. The van der Waals surface area contributed by atoms with Crippen LogP contribution in [0, 0.1) is 0 Å². The van der Waals surface area contributed by atoms with Crippen LogP contribution in [0.3, 0.4) is 0 Å². The number of esters is 4. The number of alkyl carbamates (subject to hydrolysis) is 1. The van der Waals surface area contributed by atoms with Crippen molar-refractivity contribution in [3.05, 3.63) is 29.3 Å². The molecule has 0 aliphatic carbocycles. The highest BCUT2D eigenvalue weighted by Gasteiger charge is 2.56. The minimum absolute atomic E-state index is 0.0131. The Balaban J connectivity index is 2.41. The summed E-state index contributed by atoms with van der Waals surface area (Å²) in [6.07, 6.45) is -8.91. The van der Waals surface area contributed by atoms with E-state index in [-0.39, 0.29) is 24.4 Å². The molecule has 1 aromatic carbocycles. The number of nitrogens with one attached hydrogen (secondary N) is 2. The molecule has 1 aliphatic rings. The maximum absolute atomic E-state index is 13.2. The lowest BCUT2D eigenvalue weighted by molar-refractivity contribution is -0.282. The number of carbonyl (C=O) groups is 6. The predicted molar refractivity (Wildman–Crippen MR) is 147 cm³/mol. The number of rotatable bonds is 11. The van der Waals surface area contributed by atoms with E-state index in [2.05, 4.69) is 10.6 Å². The maximum Gasteiger partial charge on any atom is 0.407 e. The predicted octanol–water partition coefficient (Wildman–Crippen LogP) is 0.505. The summed E-state index contributed by atoms with van der Waals surface area (Å²) in [5, 5.41) is 14.7. The molecule has 44 heavy (non-hydrogen) atoms. The van der Waals surface area contributed by atoms with Crippen LogP contribution in [0.1, 0.15) is 57.5 Å². The molecule has 1 fully saturated rings. The zero-order valence-corrected chi connectivity index (χ0v) is 25.5. The Hall–Kier alpha value is -4.44. The first-order valence-electron chi connectivity index (χ1n) is 13.5. The lowest BCUT2D eigenvalue weighted by Gasteiger charge is -2.43. The summed E-state index contributed by atoms with van der Waals surface area (Å²) in [5.74, 6) is -4.49. The van der Waals surface area contributed by atoms with Gasteiger partial charge in [-0.2, -0.15) is 0 Å². The number of methoxy groups -OCH3 is 1. The van der Waals surface area contributed by atoms with Gasteiger partial charge in [0.1, 0.15) is 11.4 Å². The van der Waals surface area contributed by atoms with Crippen molar-refractivity contribution in [3.63, 3.8) is 0 Å². The van der Waals surface area contributed by atoms with E-state index in [0.717, 1.165) is 27.9 Å². The van der Waals surface area contributed by atoms with E-state index in [1.54, 1.807) is 20.8 Å². The molecule has 1 saturated heterocycles. The Bertz CT molecular complexity index is 1230. The van der Waals surface area contributed by atoms with Crippen LogP contribution < -0.4 is 15.4 Å². The van der Waals surface area contributed by atoms with E-state index in [1.807, 2.05) is 0 Å². The summed E-state index contributed by atoms with van der Waals surface area (Å²) < 4.78 is 37.5. The monoisotopic (exact) mass is 626 g/mol. The van der Waals surface area contributed by atoms with Gasteiger partial charge in [0.25, 0.3) is 5.91 Å². The van der Waals surface area contributed by atoms with Crippen LogP contribution in [0.25, 0.3) is 0 Å². The summed E-state index contributed by atoms with van der Waals surface area (Å²) >= 11 is 0. The van der Waals surface area contributed by atoms with Crippen LogP contribution in [0.15, 0.2) is 18.2 Å². The number of carbonyl (C=O) groups excluding carboxylic acids is 6. The third-order valence-corrected chi connectivity index (χ3v) is 5.63. The molecule has 1 heterocycles. The second kappa shape index (κ2) is 15.9. The molecule has 16 heteroatoms. The van der Waals surface area contributed by atoms with E-state index in [4.69, 9.17) is 33.2 Å². The molecule has 16 nitrogen and oxygen atoms in total. The molecular weight excluding hydrogens is 588 g/mol. The van der Waals surface area contributed by atoms with Gasteiger partial charge in [0.05, 0.1) is 19.3 Å². The van der Waals surface area contributed by atoms with Crippen LogP contribution in [0.5, 0.6) is 5.75 Å². The first kappa shape index (κ1) is 35.8. The average molecular weight is 627 g/mol. The maximum atomic E-state index is 13.2. The lowest BCUT2D eigenvalue weighted by atomic mass is 9.97. The zero-order valence-electron chi connectivity index (χ0n) is 25.5. The molecule has 0 spiro atoms. The molecule has 0 radical (unpaired) electrons. The fourth-order valence-corrected chi connectivity index (χ4v) is 4.01. The second-order valence-corrected chi connectivity index (χ2v) is 10.5. The third kappa shape index (κ3) is 10.7. The Morgan fingerprint density at radius 3 is 1.98 bits per heavy atom. The molecule has 1 aliphatic heterocycles. The van der Waals surface area contributed by atoms with Gasteiger partial charge >= 0.3 is 30.0 Å². The Kier molecular flexibility index (Phi) is 12.9. The number of hydrogen-bond acceptors (Lipinski definition) is 14. The number of amides is 2. The van der Waals surface area contributed by atoms with Gasteiger partial charge in [-0.25, -0.2) is 9.59 Å². The first-order chi connectivity index (χ1) is 20.6. The van der Waals surface area contributed by atoms with Gasteiger partial charge in [-0.05, 0) is 38.5 Å². The molecule has 0 saturated carbocycles. The van der Waals surface area contributed by atoms with E-state index in [9.17, 15) is 33.9 Å². The van der Waals surface area contributed by atoms with Crippen molar-refractivity contribution in [2.45, 2.75) is 84.5 Å². The SMILES string of the molecule is COC(=O)[C@H]1O[C@@H](Oc2ccc(CO)cc2C(=O)NCCNC(=O)OC(C)(C)C)[C@H](OC(C)=O)[C@@H](OC(C)=O)[C@@H]1OC(C)=O. The van der Waals surface area contributed by atoms with Gasteiger partial charge in [0.15, 0.2) is 18.3 Å². The third-order valence-electron chi connectivity index (χ3n) is 5.63. The Morgan fingerprint density at radius 2 is 1.43 bits per heavy atom. The van der Waals surface area contributed by atoms with Gasteiger partial charge in [-0.3, -0.25) is 19.2 Å². The molecule has 2 rings (SSSR count). The number of hydrogen-bond donors (Lipinski definition) is 3. The van der Waals surface area contributed by atoms with Crippen molar-refractivity contribution < 1.29 is 67.0 Å². The van der Waals surface area contributed by atoms with Gasteiger partial charge in [0, 0.05) is 33.9 Å². The van der Waals surface area contributed by atoms with Crippen LogP contribution in [-0.2, 0) is 54.2 Å². The topological polar surface area (TPSA) is 211 Å². The molecule has 0 unspecified atom stereocenters. The van der Waals surface area contributed by atoms with E-state index in [0.29, 0.717) is 5.56 Å². The molecule has 5 atom stereocenters. The van der Waals surface area contributed by atoms with Crippen LogP contribution in [-0.4, -0.2) is 97.5 Å². The first-order valence-corrected chi connectivity index (χ1v) is 13.5. The summed E-state index contributed by atoms with van der Waals surface area (Å²) in [6, 6.07) is 4.07. The van der Waals surface area contributed by atoms with Crippen molar-refractivity contribution in [1.29, 1.82) is 0 Å². The molecule has 0 aromatic heterocycles. The van der Waals surface area contributed by atoms with Crippen LogP contribution in [0.4, 0.5) is 4.79 Å². The highest BCUT2D eigenvalue weighted by molar-refractivity contribution is 5.97. The molecule has 0 bridgehead atoms. The molecule has 3 N–H and O–H groups in total. The second-order valence-electron chi connectivity index (χ2n) is 10.5.